The Labute approximate surface area is 391 Å². The summed E-state index contributed by atoms with van der Waals surface area (Å²) in [4.78, 5) is 25.0. The van der Waals surface area contributed by atoms with Crippen molar-refractivity contribution in [1.82, 2.24) is 0 Å². The zero-order valence-electron chi connectivity index (χ0n) is 43.1. The third kappa shape index (κ3) is 8.17. The topological polar surface area (TPSA) is 52.6 Å². The SMILES string of the molecule is CC(=O)O[C@@H]1CC[C@@]2(C)C(=C[C@@H]([C@H]3C=C4C[C@H](OC(C)=O)CC[C@@]4(C)C4=C3[C@H]3CC[C@H]([C@@H](C)/C=C\[C@H](C)C(C)C)[C@]3(C)CC4)C3=C2CC[C@@]2(C)[C@@H]([C@H](C)/C=C\[C@H](C)C(C)C)CC[C@@H]32)C1. The highest BCUT2D eigenvalue weighted by molar-refractivity contribution is 5.66. The molecule has 0 aliphatic heterocycles. The van der Waals surface area contributed by atoms with Gasteiger partial charge in [0.1, 0.15) is 12.2 Å². The first-order valence-electron chi connectivity index (χ1n) is 26.7. The highest BCUT2D eigenvalue weighted by Gasteiger charge is 2.61. The molecule has 8 rings (SSSR count). The maximum Gasteiger partial charge on any atom is 0.302 e. The minimum atomic E-state index is -0.149. The second kappa shape index (κ2) is 17.8. The molecule has 0 unspecified atom stereocenters. The molecule has 8 aliphatic rings. The number of esters is 2. The Hall–Kier alpha value is -2.62. The molecule has 8 aliphatic carbocycles. The van der Waals surface area contributed by atoms with E-state index in [1.807, 2.05) is 11.1 Å². The quantitative estimate of drug-likeness (QED) is 0.153. The van der Waals surface area contributed by atoms with E-state index in [0.29, 0.717) is 71.0 Å². The van der Waals surface area contributed by atoms with Gasteiger partial charge in [0.2, 0.25) is 0 Å². The van der Waals surface area contributed by atoms with Crippen molar-refractivity contribution in [1.29, 1.82) is 0 Å². The van der Waals surface area contributed by atoms with Crippen LogP contribution in [0.25, 0.3) is 0 Å². The van der Waals surface area contributed by atoms with Gasteiger partial charge in [-0.3, -0.25) is 9.59 Å². The molecule has 4 fully saturated rings. The molecule has 0 heterocycles. The molecule has 0 aromatic heterocycles. The number of hydrogen-bond acceptors (Lipinski definition) is 4. The molecule has 0 radical (unpaired) electrons. The molecule has 0 spiro atoms. The van der Waals surface area contributed by atoms with Crippen LogP contribution in [-0.4, -0.2) is 24.1 Å². The molecule has 354 valence electrons. The van der Waals surface area contributed by atoms with Gasteiger partial charge in [-0.2, -0.15) is 0 Å². The van der Waals surface area contributed by atoms with Crippen molar-refractivity contribution < 1.29 is 19.1 Å². The predicted octanol–water partition coefficient (Wildman–Crippen LogP) is 15.6. The van der Waals surface area contributed by atoms with E-state index in [1.165, 1.54) is 51.4 Å². The summed E-state index contributed by atoms with van der Waals surface area (Å²) in [6.45, 7) is 33.0. The van der Waals surface area contributed by atoms with Crippen LogP contribution < -0.4 is 0 Å². The van der Waals surface area contributed by atoms with Crippen molar-refractivity contribution in [3.05, 3.63) is 69.9 Å². The largest absolute Gasteiger partial charge is 0.462 e. The Morgan fingerprint density at radius 1 is 0.547 bits per heavy atom. The van der Waals surface area contributed by atoms with E-state index < -0.39 is 0 Å². The lowest BCUT2D eigenvalue weighted by atomic mass is 9.47. The van der Waals surface area contributed by atoms with Gasteiger partial charge in [-0.1, -0.05) is 153 Å². The average Bonchev–Trinajstić information content (AvgIpc) is 3.78. The van der Waals surface area contributed by atoms with Crippen LogP contribution >= 0.6 is 0 Å². The summed E-state index contributed by atoms with van der Waals surface area (Å²) in [5, 5.41) is 0. The zero-order valence-corrected chi connectivity index (χ0v) is 43.1. The fourth-order valence-electron chi connectivity index (χ4n) is 16.4. The van der Waals surface area contributed by atoms with E-state index in [9.17, 15) is 9.59 Å². The molecule has 0 bridgehead atoms. The number of rotatable bonds is 11. The lowest BCUT2D eigenvalue weighted by molar-refractivity contribution is -0.148. The molecule has 4 heteroatoms. The number of fused-ring (bicyclic) bond motifs is 8. The molecular formula is C60H90O4. The standard InChI is InChI=1S/C60H90O4/c1-35(2)37(5)15-17-39(7)49-19-21-51-55-47(33-43-31-45(63-41(9)61)23-27-57(43,11)53(55)25-29-59(49,51)13)48-34-44-32-46(64-42(10)62)24-28-58(44,12)54-26-30-60(14)50(20-22-52(60)56(48)54)40(8)18-16-38(6)36(3)4/h15-18,33-40,45-52H,19-32H2,1-14H3/b17-15-,18-16-/t37-,38-,39-,40+,45+,46+,47+,48-,49+,50+,51+,52-,57+,58-,59-,60-/m0/s1. The first-order valence-corrected chi connectivity index (χ1v) is 26.7. The molecule has 0 amide bonds. The Morgan fingerprint density at radius 3 is 1.27 bits per heavy atom. The molecule has 0 aromatic rings. The van der Waals surface area contributed by atoms with Crippen LogP contribution in [0.15, 0.2) is 69.9 Å². The van der Waals surface area contributed by atoms with Crippen molar-refractivity contribution in [2.75, 3.05) is 0 Å². The van der Waals surface area contributed by atoms with E-state index in [1.54, 1.807) is 36.1 Å². The van der Waals surface area contributed by atoms with Gasteiger partial charge < -0.3 is 9.47 Å². The van der Waals surface area contributed by atoms with Gasteiger partial charge in [-0.15, -0.1) is 0 Å². The van der Waals surface area contributed by atoms with Crippen LogP contribution in [0.2, 0.25) is 0 Å². The van der Waals surface area contributed by atoms with Crippen LogP contribution in [0, 0.1) is 92.7 Å². The van der Waals surface area contributed by atoms with Crippen molar-refractivity contribution in [3.8, 4) is 0 Å². The summed E-state index contributed by atoms with van der Waals surface area (Å²) in [5.41, 5.74) is 10.8. The number of carbonyl (C=O) groups is 2. The maximum absolute atomic E-state index is 12.5. The van der Waals surface area contributed by atoms with E-state index in [0.717, 1.165) is 38.5 Å². The van der Waals surface area contributed by atoms with Crippen LogP contribution in [-0.2, 0) is 19.1 Å². The zero-order chi connectivity index (χ0) is 46.3. The summed E-state index contributed by atoms with van der Waals surface area (Å²) in [6.07, 6.45) is 31.6. The molecular weight excluding hydrogens is 785 g/mol. The third-order valence-electron chi connectivity index (χ3n) is 21.0. The maximum atomic E-state index is 12.5. The van der Waals surface area contributed by atoms with E-state index in [4.69, 9.17) is 9.47 Å². The summed E-state index contributed by atoms with van der Waals surface area (Å²) < 4.78 is 12.2. The van der Waals surface area contributed by atoms with Gasteiger partial charge >= 0.3 is 11.9 Å². The highest BCUT2D eigenvalue weighted by Crippen LogP contribution is 2.71. The van der Waals surface area contributed by atoms with E-state index in [-0.39, 0.29) is 45.8 Å². The fraction of sp³-hybridized carbons (Fsp3) is 0.767. The van der Waals surface area contributed by atoms with Gasteiger partial charge in [0.05, 0.1) is 0 Å². The highest BCUT2D eigenvalue weighted by atomic mass is 16.5. The van der Waals surface area contributed by atoms with E-state index >= 15 is 0 Å². The van der Waals surface area contributed by atoms with E-state index in [2.05, 4.69) is 120 Å². The fourth-order valence-corrected chi connectivity index (χ4v) is 16.4. The number of carbonyl (C=O) groups excluding carboxylic acids is 2. The monoisotopic (exact) mass is 875 g/mol. The van der Waals surface area contributed by atoms with Crippen molar-refractivity contribution in [3.63, 3.8) is 0 Å². The summed E-state index contributed by atoms with van der Waals surface area (Å²) in [6, 6.07) is 0. The molecule has 4 nitrogen and oxygen atoms in total. The second-order valence-electron chi connectivity index (χ2n) is 25.1. The minimum Gasteiger partial charge on any atom is -0.462 e. The Kier molecular flexibility index (Phi) is 13.3. The molecule has 0 aromatic carbocycles. The van der Waals surface area contributed by atoms with Gasteiger partial charge in [0, 0.05) is 49.4 Å². The molecule has 4 saturated carbocycles. The number of ether oxygens (including phenoxy) is 2. The summed E-state index contributed by atoms with van der Waals surface area (Å²) >= 11 is 0. The van der Waals surface area contributed by atoms with Crippen LogP contribution in [0.1, 0.15) is 187 Å². The minimum absolute atomic E-state index is 0.0212. The normalized spacial score (nSPS) is 41.4. The molecule has 64 heavy (non-hydrogen) atoms. The number of hydrogen-bond donors (Lipinski definition) is 0. The summed E-state index contributed by atoms with van der Waals surface area (Å²) in [5.74, 6) is 6.39. The van der Waals surface area contributed by atoms with Crippen molar-refractivity contribution in [2.45, 2.75) is 199 Å². The van der Waals surface area contributed by atoms with Crippen molar-refractivity contribution in [2.24, 2.45) is 92.7 Å². The van der Waals surface area contributed by atoms with Gasteiger partial charge in [0.25, 0.3) is 0 Å². The second-order valence-corrected chi connectivity index (χ2v) is 25.1. The van der Waals surface area contributed by atoms with Crippen LogP contribution in [0.4, 0.5) is 0 Å². The van der Waals surface area contributed by atoms with Gasteiger partial charge in [-0.25, -0.2) is 0 Å². The van der Waals surface area contributed by atoms with Crippen LogP contribution in [0.3, 0.4) is 0 Å². The predicted molar refractivity (Wildman–Crippen MR) is 264 cm³/mol. The lowest BCUT2D eigenvalue weighted by Gasteiger charge is -2.58. The van der Waals surface area contributed by atoms with Gasteiger partial charge in [0.15, 0.2) is 0 Å². The molecule has 0 N–H and O–H groups in total. The third-order valence-corrected chi connectivity index (χ3v) is 21.0. The summed E-state index contributed by atoms with van der Waals surface area (Å²) in [7, 11) is 0. The van der Waals surface area contributed by atoms with Gasteiger partial charge in [-0.05, 0) is 147 Å². The average molecular weight is 875 g/mol. The van der Waals surface area contributed by atoms with Crippen LogP contribution in [0.5, 0.6) is 0 Å². The smallest absolute Gasteiger partial charge is 0.302 e. The Bertz CT molecular complexity index is 1860. The number of allylic oxidation sites excluding steroid dienone is 10. The lowest BCUT2D eigenvalue weighted by Crippen LogP contribution is -2.48. The first-order chi connectivity index (χ1) is 30.1. The molecule has 0 saturated heterocycles. The first kappa shape index (κ1) is 47.9. The Morgan fingerprint density at radius 2 is 0.922 bits per heavy atom. The molecule has 16 atom stereocenters. The Balaban J connectivity index is 1.26. The van der Waals surface area contributed by atoms with Crippen molar-refractivity contribution >= 4 is 11.9 Å².